The van der Waals surface area contributed by atoms with E-state index in [2.05, 4.69) is 10.6 Å². The van der Waals surface area contributed by atoms with Crippen LogP contribution in [0.2, 0.25) is 0 Å². The number of carbonyl (C=O) groups excluding carboxylic acids is 2. The van der Waals surface area contributed by atoms with Crippen LogP contribution < -0.4 is 16.4 Å². The highest BCUT2D eigenvalue weighted by atomic mass is 16.2. The van der Waals surface area contributed by atoms with Crippen LogP contribution in [-0.4, -0.2) is 30.9 Å². The maximum Gasteiger partial charge on any atom is 0.223 e. The molecule has 2 saturated carbocycles. The summed E-state index contributed by atoms with van der Waals surface area (Å²) in [5, 5.41) is 5.74. The molecule has 120 valence electrons. The van der Waals surface area contributed by atoms with Gasteiger partial charge >= 0.3 is 0 Å². The molecule has 0 aliphatic heterocycles. The molecule has 2 aliphatic carbocycles. The number of fused-ring (bicyclic) bond motifs is 2. The number of rotatable bonds is 6. The Morgan fingerprint density at radius 1 is 1.10 bits per heavy atom. The first-order chi connectivity index (χ1) is 10.1. The van der Waals surface area contributed by atoms with E-state index in [1.54, 1.807) is 0 Å². The molecule has 5 nitrogen and oxygen atoms in total. The Balaban J connectivity index is 1.70. The zero-order valence-electron chi connectivity index (χ0n) is 13.1. The van der Waals surface area contributed by atoms with Crippen LogP contribution >= 0.6 is 0 Å². The summed E-state index contributed by atoms with van der Waals surface area (Å²) >= 11 is 0. The van der Waals surface area contributed by atoms with E-state index in [1.165, 1.54) is 19.3 Å². The minimum Gasteiger partial charge on any atom is -0.356 e. The van der Waals surface area contributed by atoms with Crippen molar-refractivity contribution >= 4 is 11.8 Å². The average Bonchev–Trinajstić information content (AvgIpc) is 2.44. The van der Waals surface area contributed by atoms with Crippen molar-refractivity contribution < 1.29 is 9.59 Å². The van der Waals surface area contributed by atoms with Crippen LogP contribution in [0.25, 0.3) is 0 Å². The zero-order valence-corrected chi connectivity index (χ0v) is 13.1. The first-order valence-electron chi connectivity index (χ1n) is 8.41. The fourth-order valence-corrected chi connectivity index (χ4v) is 3.80. The summed E-state index contributed by atoms with van der Waals surface area (Å²) in [5.74, 6) is 1.25. The second-order valence-corrected chi connectivity index (χ2v) is 6.59. The lowest BCUT2D eigenvalue weighted by atomic mass is 9.65. The van der Waals surface area contributed by atoms with Gasteiger partial charge in [-0.2, -0.15) is 0 Å². The lowest BCUT2D eigenvalue weighted by Crippen LogP contribution is -2.49. The van der Waals surface area contributed by atoms with Crippen LogP contribution in [0.1, 0.15) is 51.9 Å². The van der Waals surface area contributed by atoms with Gasteiger partial charge in [-0.15, -0.1) is 0 Å². The normalized spacial score (nSPS) is 31.5. The second kappa shape index (κ2) is 7.78. The summed E-state index contributed by atoms with van der Waals surface area (Å²) < 4.78 is 0. The van der Waals surface area contributed by atoms with E-state index in [9.17, 15) is 9.59 Å². The standard InChI is InChI=1S/C16H29N3O2/c1-2-7-18-14(20)6-8-19-16(21)13-9-11-4-3-5-12(10-13)15(11)17/h11-13,15H,2-10,17H2,1H3,(H,18,20)(H,19,21). The quantitative estimate of drug-likeness (QED) is 0.688. The van der Waals surface area contributed by atoms with E-state index in [4.69, 9.17) is 5.73 Å². The molecule has 4 N–H and O–H groups in total. The van der Waals surface area contributed by atoms with E-state index < -0.39 is 0 Å². The minimum absolute atomic E-state index is 0.0136. The monoisotopic (exact) mass is 295 g/mol. The van der Waals surface area contributed by atoms with Gasteiger partial charge in [0.05, 0.1) is 0 Å². The molecule has 2 atom stereocenters. The number of nitrogens with two attached hydrogens (primary N) is 1. The average molecular weight is 295 g/mol. The molecule has 2 unspecified atom stereocenters. The summed E-state index contributed by atoms with van der Waals surface area (Å²) in [6.45, 7) is 3.16. The van der Waals surface area contributed by atoms with E-state index in [0.717, 1.165) is 19.3 Å². The van der Waals surface area contributed by atoms with Crippen molar-refractivity contribution in [2.45, 2.75) is 57.9 Å². The Morgan fingerprint density at radius 3 is 2.38 bits per heavy atom. The molecule has 0 radical (unpaired) electrons. The van der Waals surface area contributed by atoms with Crippen LogP contribution in [0, 0.1) is 17.8 Å². The van der Waals surface area contributed by atoms with Gasteiger partial charge < -0.3 is 16.4 Å². The molecule has 0 aromatic carbocycles. The fourth-order valence-electron chi connectivity index (χ4n) is 3.80. The third-order valence-corrected chi connectivity index (χ3v) is 5.01. The van der Waals surface area contributed by atoms with Gasteiger partial charge in [0.1, 0.15) is 0 Å². The first-order valence-corrected chi connectivity index (χ1v) is 8.41. The molecule has 0 aromatic rings. The van der Waals surface area contributed by atoms with Gasteiger partial charge in [-0.25, -0.2) is 0 Å². The van der Waals surface area contributed by atoms with E-state index in [0.29, 0.717) is 37.4 Å². The Kier molecular flexibility index (Phi) is 6.03. The molecule has 0 aromatic heterocycles. The Labute approximate surface area is 127 Å². The SMILES string of the molecule is CCCNC(=O)CCNC(=O)C1CC2CCCC(C1)C2N. The molecule has 2 bridgehead atoms. The van der Waals surface area contributed by atoms with Gasteiger partial charge in [0.15, 0.2) is 0 Å². The number of carbonyl (C=O) groups is 2. The van der Waals surface area contributed by atoms with Crippen molar-refractivity contribution in [3.05, 3.63) is 0 Å². The van der Waals surface area contributed by atoms with Gasteiger partial charge in [0.25, 0.3) is 0 Å². The highest BCUT2D eigenvalue weighted by Crippen LogP contribution is 2.41. The number of nitrogens with one attached hydrogen (secondary N) is 2. The van der Waals surface area contributed by atoms with Crippen LogP contribution in [0.3, 0.4) is 0 Å². The van der Waals surface area contributed by atoms with Crippen LogP contribution in [0.15, 0.2) is 0 Å². The maximum absolute atomic E-state index is 12.2. The van der Waals surface area contributed by atoms with Crippen molar-refractivity contribution in [3.8, 4) is 0 Å². The predicted molar refractivity (Wildman–Crippen MR) is 82.5 cm³/mol. The van der Waals surface area contributed by atoms with Crippen molar-refractivity contribution in [1.82, 2.24) is 10.6 Å². The molecule has 0 saturated heterocycles. The Morgan fingerprint density at radius 2 is 1.76 bits per heavy atom. The smallest absolute Gasteiger partial charge is 0.223 e. The van der Waals surface area contributed by atoms with Crippen molar-refractivity contribution in [2.24, 2.45) is 23.5 Å². The van der Waals surface area contributed by atoms with Gasteiger partial charge in [-0.3, -0.25) is 9.59 Å². The number of amides is 2. The lowest BCUT2D eigenvalue weighted by molar-refractivity contribution is -0.128. The van der Waals surface area contributed by atoms with Crippen molar-refractivity contribution in [2.75, 3.05) is 13.1 Å². The van der Waals surface area contributed by atoms with Gasteiger partial charge in [0, 0.05) is 31.5 Å². The van der Waals surface area contributed by atoms with E-state index in [-0.39, 0.29) is 17.7 Å². The summed E-state index contributed by atoms with van der Waals surface area (Å²) in [4.78, 5) is 23.7. The second-order valence-electron chi connectivity index (χ2n) is 6.59. The van der Waals surface area contributed by atoms with Gasteiger partial charge in [-0.05, 0) is 43.9 Å². The minimum atomic E-state index is 0.0136. The predicted octanol–water partition coefficient (Wildman–Crippen LogP) is 1.17. The molecular formula is C16H29N3O2. The summed E-state index contributed by atoms with van der Waals surface area (Å²) in [7, 11) is 0. The third-order valence-electron chi connectivity index (χ3n) is 5.01. The summed E-state index contributed by atoms with van der Waals surface area (Å²) in [6.07, 6.45) is 6.74. The molecule has 0 heterocycles. The van der Waals surface area contributed by atoms with Gasteiger partial charge in [-0.1, -0.05) is 13.3 Å². The molecule has 2 rings (SSSR count). The summed E-state index contributed by atoms with van der Waals surface area (Å²) in [6, 6.07) is 0.294. The highest BCUT2D eigenvalue weighted by molar-refractivity contribution is 5.80. The van der Waals surface area contributed by atoms with E-state index >= 15 is 0 Å². The molecular weight excluding hydrogens is 266 g/mol. The van der Waals surface area contributed by atoms with Crippen LogP contribution in [0.5, 0.6) is 0 Å². The van der Waals surface area contributed by atoms with Crippen molar-refractivity contribution in [3.63, 3.8) is 0 Å². The Hall–Kier alpha value is -1.10. The molecule has 21 heavy (non-hydrogen) atoms. The molecule has 2 fully saturated rings. The van der Waals surface area contributed by atoms with Gasteiger partial charge in [0.2, 0.25) is 11.8 Å². The van der Waals surface area contributed by atoms with Crippen LogP contribution in [0.4, 0.5) is 0 Å². The first kappa shape index (κ1) is 16.3. The van der Waals surface area contributed by atoms with Crippen LogP contribution in [-0.2, 0) is 9.59 Å². The lowest BCUT2D eigenvalue weighted by Gasteiger charge is -2.43. The Bertz CT molecular complexity index is 359. The number of hydrogen-bond donors (Lipinski definition) is 3. The van der Waals surface area contributed by atoms with E-state index in [1.807, 2.05) is 6.92 Å². The summed E-state index contributed by atoms with van der Waals surface area (Å²) in [5.41, 5.74) is 6.25. The van der Waals surface area contributed by atoms with Crippen molar-refractivity contribution in [1.29, 1.82) is 0 Å². The molecule has 0 spiro atoms. The molecule has 2 aliphatic rings. The maximum atomic E-state index is 12.2. The molecule has 2 amide bonds. The number of hydrogen-bond acceptors (Lipinski definition) is 3. The third kappa shape index (κ3) is 4.43. The highest BCUT2D eigenvalue weighted by Gasteiger charge is 2.40. The zero-order chi connectivity index (χ0) is 15.2. The fraction of sp³-hybridized carbons (Fsp3) is 0.875. The largest absolute Gasteiger partial charge is 0.356 e. The topological polar surface area (TPSA) is 84.2 Å². The molecule has 5 heteroatoms.